The van der Waals surface area contributed by atoms with Crippen LogP contribution in [0.1, 0.15) is 18.4 Å². The minimum Gasteiger partial charge on any atom is -0.370 e. The molecule has 3 rings (SSSR count). The summed E-state index contributed by atoms with van der Waals surface area (Å²) in [6.45, 7) is 5.81. The number of rotatable bonds is 7. The molecule has 1 aliphatic rings. The first-order chi connectivity index (χ1) is 11.7. The highest BCUT2D eigenvalue weighted by Crippen LogP contribution is 2.21. The van der Waals surface area contributed by atoms with E-state index in [0.717, 1.165) is 52.2 Å². The average molecular weight is 330 g/mol. The fraction of sp³-hybridized carbons (Fsp3) is 0.526. The summed E-state index contributed by atoms with van der Waals surface area (Å²) < 4.78 is 7.49. The van der Waals surface area contributed by atoms with Crippen LogP contribution in [0.15, 0.2) is 30.5 Å². The maximum absolute atomic E-state index is 12.1. The van der Waals surface area contributed by atoms with Gasteiger partial charge in [-0.1, -0.05) is 18.2 Å². The van der Waals surface area contributed by atoms with E-state index >= 15 is 0 Å². The summed E-state index contributed by atoms with van der Waals surface area (Å²) in [7, 11) is 2.06. The molecule has 5 nitrogen and oxygen atoms in total. The van der Waals surface area contributed by atoms with Crippen LogP contribution in [0.25, 0.3) is 10.9 Å². The summed E-state index contributed by atoms with van der Waals surface area (Å²) in [6.07, 6.45) is 4.52. The first-order valence-corrected chi connectivity index (χ1v) is 8.95. The first kappa shape index (κ1) is 17.0. The van der Waals surface area contributed by atoms with Gasteiger partial charge in [-0.25, -0.2) is 0 Å². The Morgan fingerprint density at radius 3 is 2.92 bits per heavy atom. The number of carbonyl (C=O) groups is 1. The normalized spacial score (nSPS) is 15.7. The van der Waals surface area contributed by atoms with Gasteiger partial charge < -0.3 is 19.5 Å². The average Bonchev–Trinajstić information content (AvgIpc) is 2.94. The molecule has 1 aliphatic heterocycles. The molecule has 0 aliphatic carbocycles. The topological polar surface area (TPSA) is 47.7 Å². The largest absolute Gasteiger partial charge is 0.370 e. The highest BCUT2D eigenvalue weighted by atomic mass is 16.5. The van der Waals surface area contributed by atoms with E-state index in [2.05, 4.69) is 47.4 Å². The number of nitrogens with one attached hydrogen (secondary N) is 2. The molecule has 0 unspecified atom stereocenters. The molecule has 1 aromatic carbocycles. The van der Waals surface area contributed by atoms with Crippen molar-refractivity contribution in [3.63, 3.8) is 0 Å². The number of nitrogens with zero attached hydrogens (tertiary/aromatic N) is 1. The Bertz CT molecular complexity index is 674. The maximum atomic E-state index is 12.1. The summed E-state index contributed by atoms with van der Waals surface area (Å²) in [5.74, 6) is 0.153. The molecule has 0 radical (unpaired) electrons. The fourth-order valence-corrected chi connectivity index (χ4v) is 3.44. The SMILES string of the molecule is Cn1cc(CCC(=O)NCCC[NH+]2CCOCC2)c2ccccc21. The highest BCUT2D eigenvalue weighted by Gasteiger charge is 2.13. The fourth-order valence-electron chi connectivity index (χ4n) is 3.44. The summed E-state index contributed by atoms with van der Waals surface area (Å²) >= 11 is 0. The molecule has 130 valence electrons. The standard InChI is InChI=1S/C19H27N3O2/c1-21-15-16(17-5-2-3-6-18(17)21)7-8-19(23)20-9-4-10-22-11-13-24-14-12-22/h2-3,5-6,15H,4,7-14H2,1H3,(H,20,23)/p+1. The number of hydrogen-bond acceptors (Lipinski definition) is 2. The molecule has 5 heteroatoms. The third-order valence-electron chi connectivity index (χ3n) is 4.83. The van der Waals surface area contributed by atoms with Gasteiger partial charge in [0.15, 0.2) is 0 Å². The van der Waals surface area contributed by atoms with Crippen LogP contribution in [0.2, 0.25) is 0 Å². The van der Waals surface area contributed by atoms with Crippen molar-refractivity contribution in [2.45, 2.75) is 19.3 Å². The molecule has 2 heterocycles. The van der Waals surface area contributed by atoms with E-state index in [-0.39, 0.29) is 5.91 Å². The van der Waals surface area contributed by atoms with Gasteiger partial charge in [-0.2, -0.15) is 0 Å². The highest BCUT2D eigenvalue weighted by molar-refractivity contribution is 5.84. The van der Waals surface area contributed by atoms with Crippen molar-refractivity contribution in [3.8, 4) is 0 Å². The van der Waals surface area contributed by atoms with E-state index < -0.39 is 0 Å². The number of morpholine rings is 1. The maximum Gasteiger partial charge on any atom is 0.220 e. The van der Waals surface area contributed by atoms with E-state index in [1.54, 1.807) is 4.90 Å². The summed E-state index contributed by atoms with van der Waals surface area (Å²) in [5, 5.41) is 4.31. The summed E-state index contributed by atoms with van der Waals surface area (Å²) in [6, 6.07) is 8.36. The molecule has 1 fully saturated rings. The van der Waals surface area contributed by atoms with Crippen LogP contribution in [-0.4, -0.2) is 49.9 Å². The Kier molecular flexibility index (Phi) is 5.88. The van der Waals surface area contributed by atoms with Gasteiger partial charge in [0.1, 0.15) is 13.1 Å². The molecule has 1 saturated heterocycles. The Morgan fingerprint density at radius 1 is 1.29 bits per heavy atom. The van der Waals surface area contributed by atoms with Gasteiger partial charge in [-0.3, -0.25) is 4.79 Å². The van der Waals surface area contributed by atoms with Crippen molar-refractivity contribution < 1.29 is 14.4 Å². The predicted molar refractivity (Wildman–Crippen MR) is 95.2 cm³/mol. The van der Waals surface area contributed by atoms with Gasteiger partial charge in [0.2, 0.25) is 5.91 Å². The second kappa shape index (κ2) is 8.31. The zero-order valence-corrected chi connectivity index (χ0v) is 14.5. The lowest BCUT2D eigenvalue weighted by molar-refractivity contribution is -0.908. The number of para-hydroxylation sites is 1. The molecule has 24 heavy (non-hydrogen) atoms. The summed E-state index contributed by atoms with van der Waals surface area (Å²) in [4.78, 5) is 13.7. The van der Waals surface area contributed by atoms with Crippen molar-refractivity contribution >= 4 is 16.8 Å². The smallest absolute Gasteiger partial charge is 0.220 e. The van der Waals surface area contributed by atoms with E-state index in [9.17, 15) is 4.79 Å². The molecular weight excluding hydrogens is 302 g/mol. The summed E-state index contributed by atoms with van der Waals surface area (Å²) in [5.41, 5.74) is 2.47. The minimum absolute atomic E-state index is 0.153. The number of aryl methyl sites for hydroxylation is 2. The Morgan fingerprint density at radius 2 is 2.08 bits per heavy atom. The lowest BCUT2D eigenvalue weighted by atomic mass is 10.1. The number of aromatic nitrogens is 1. The van der Waals surface area contributed by atoms with Crippen molar-refractivity contribution in [2.75, 3.05) is 39.4 Å². The van der Waals surface area contributed by atoms with Crippen molar-refractivity contribution in [1.82, 2.24) is 9.88 Å². The molecule has 2 aromatic rings. The third-order valence-corrected chi connectivity index (χ3v) is 4.83. The van der Waals surface area contributed by atoms with Crippen LogP contribution in [-0.2, 0) is 23.0 Å². The van der Waals surface area contributed by atoms with Crippen molar-refractivity contribution in [2.24, 2.45) is 7.05 Å². The lowest BCUT2D eigenvalue weighted by Gasteiger charge is -2.23. The van der Waals surface area contributed by atoms with E-state index in [0.29, 0.717) is 6.42 Å². The van der Waals surface area contributed by atoms with E-state index in [1.165, 1.54) is 16.5 Å². The third kappa shape index (κ3) is 4.36. The first-order valence-electron chi connectivity index (χ1n) is 8.95. The minimum atomic E-state index is 0.153. The number of quaternary nitrogens is 1. The number of carbonyl (C=O) groups excluding carboxylic acids is 1. The van der Waals surface area contributed by atoms with Gasteiger partial charge in [-0.05, 0) is 18.1 Å². The molecular formula is C19H28N3O2+. The van der Waals surface area contributed by atoms with Gasteiger partial charge in [0.25, 0.3) is 0 Å². The predicted octanol–water partition coefficient (Wildman–Crippen LogP) is 0.532. The van der Waals surface area contributed by atoms with Crippen LogP contribution in [0, 0.1) is 0 Å². The number of fused-ring (bicyclic) bond motifs is 1. The molecule has 0 bridgehead atoms. The van der Waals surface area contributed by atoms with Crippen molar-refractivity contribution in [3.05, 3.63) is 36.0 Å². The molecule has 0 saturated carbocycles. The Labute approximate surface area is 143 Å². The number of hydrogen-bond donors (Lipinski definition) is 2. The quantitative estimate of drug-likeness (QED) is 0.728. The Balaban J connectivity index is 1.39. The molecule has 0 spiro atoms. The lowest BCUT2D eigenvalue weighted by Crippen LogP contribution is -3.14. The van der Waals surface area contributed by atoms with Gasteiger partial charge >= 0.3 is 0 Å². The van der Waals surface area contributed by atoms with E-state index in [4.69, 9.17) is 4.74 Å². The monoisotopic (exact) mass is 330 g/mol. The second-order valence-corrected chi connectivity index (χ2v) is 6.60. The number of amides is 1. The molecule has 2 N–H and O–H groups in total. The zero-order chi connectivity index (χ0) is 16.8. The van der Waals surface area contributed by atoms with Crippen LogP contribution in [0.4, 0.5) is 0 Å². The van der Waals surface area contributed by atoms with Gasteiger partial charge in [0, 0.05) is 43.5 Å². The van der Waals surface area contributed by atoms with Gasteiger partial charge in [-0.15, -0.1) is 0 Å². The molecule has 1 aromatic heterocycles. The second-order valence-electron chi connectivity index (χ2n) is 6.60. The van der Waals surface area contributed by atoms with Crippen LogP contribution in [0.5, 0.6) is 0 Å². The van der Waals surface area contributed by atoms with Crippen LogP contribution >= 0.6 is 0 Å². The van der Waals surface area contributed by atoms with Crippen LogP contribution < -0.4 is 10.2 Å². The molecule has 0 atom stereocenters. The van der Waals surface area contributed by atoms with E-state index in [1.807, 2.05) is 0 Å². The number of benzene rings is 1. The zero-order valence-electron chi connectivity index (χ0n) is 14.5. The van der Waals surface area contributed by atoms with Gasteiger partial charge in [0.05, 0.1) is 19.8 Å². The molecule has 1 amide bonds. The number of ether oxygens (including phenoxy) is 1. The van der Waals surface area contributed by atoms with Crippen molar-refractivity contribution in [1.29, 1.82) is 0 Å². The van der Waals surface area contributed by atoms with Crippen LogP contribution in [0.3, 0.4) is 0 Å². The Hall–Kier alpha value is -1.85.